The molecule has 0 aliphatic rings. The van der Waals surface area contributed by atoms with Crippen LogP contribution in [-0.2, 0) is 13.8 Å². The van der Waals surface area contributed by atoms with Crippen LogP contribution in [0, 0.1) is 5.82 Å². The molecule has 100 valence electrons. The van der Waals surface area contributed by atoms with Crippen molar-refractivity contribution in [2.24, 2.45) is 0 Å². The van der Waals surface area contributed by atoms with Gasteiger partial charge in [-0.15, -0.1) is 0 Å². The molecule has 0 atom stereocenters. The van der Waals surface area contributed by atoms with E-state index in [0.717, 1.165) is 18.2 Å². The average Bonchev–Trinajstić information content (AvgIpc) is 2.13. The number of carbonyl (C=O) groups excluding carboxylic acids is 1. The summed E-state index contributed by atoms with van der Waals surface area (Å²) in [6, 6.07) is 2.84. The van der Waals surface area contributed by atoms with Gasteiger partial charge in [0, 0.05) is 10.7 Å². The highest BCUT2D eigenvalue weighted by atomic mass is 35.7. The number of halogens is 2. The minimum absolute atomic E-state index is 0.0782. The first-order valence-electron chi connectivity index (χ1n) is 4.98. The van der Waals surface area contributed by atoms with E-state index in [4.69, 9.17) is 15.4 Å². The number of hydrogen-bond acceptors (Lipinski definition) is 4. The Labute approximate surface area is 109 Å². The first kappa shape index (κ1) is 14.9. The molecule has 1 aromatic carbocycles. The number of hydrogen-bond donors (Lipinski definition) is 0. The third-order valence-electron chi connectivity index (χ3n) is 1.83. The molecule has 0 fully saturated rings. The van der Waals surface area contributed by atoms with E-state index >= 15 is 0 Å². The van der Waals surface area contributed by atoms with Crippen LogP contribution in [-0.4, -0.2) is 20.0 Å². The maximum atomic E-state index is 13.3. The van der Waals surface area contributed by atoms with E-state index in [1.165, 1.54) is 0 Å². The molecule has 0 amide bonds. The first-order chi connectivity index (χ1) is 8.00. The predicted molar refractivity (Wildman–Crippen MR) is 64.6 cm³/mol. The number of benzene rings is 1. The maximum absolute atomic E-state index is 13.3. The Morgan fingerprint density at radius 1 is 1.33 bits per heavy atom. The van der Waals surface area contributed by atoms with E-state index in [1.807, 2.05) is 0 Å². The predicted octanol–water partition coefficient (Wildman–Crippen LogP) is 2.71. The third-order valence-corrected chi connectivity index (χ3v) is 3.17. The summed E-state index contributed by atoms with van der Waals surface area (Å²) in [7, 11) is 0.810. The molecule has 0 aliphatic heterocycles. The van der Waals surface area contributed by atoms with Crippen molar-refractivity contribution in [3.05, 3.63) is 29.6 Å². The lowest BCUT2D eigenvalue weighted by Crippen LogP contribution is -2.24. The van der Waals surface area contributed by atoms with Crippen LogP contribution in [0.4, 0.5) is 4.39 Å². The monoisotopic (exact) mass is 294 g/mol. The standard InChI is InChI=1S/C11H12ClFO4S/c1-11(2,3)17-10(14)7-4-5-8(13)9(6-7)18(12,15)16/h4-6H,1-3H3. The largest absolute Gasteiger partial charge is 0.456 e. The molecule has 0 aromatic heterocycles. The molecule has 0 spiro atoms. The van der Waals surface area contributed by atoms with Crippen LogP contribution < -0.4 is 0 Å². The molecule has 1 aromatic rings. The molecule has 0 aliphatic carbocycles. The molecule has 1 rings (SSSR count). The molecule has 0 saturated carbocycles. The van der Waals surface area contributed by atoms with E-state index in [2.05, 4.69) is 0 Å². The van der Waals surface area contributed by atoms with Gasteiger partial charge in [0.15, 0.2) is 0 Å². The molecule has 0 heterocycles. The van der Waals surface area contributed by atoms with Crippen LogP contribution in [0.3, 0.4) is 0 Å². The SMILES string of the molecule is CC(C)(C)OC(=O)c1ccc(F)c(S(=O)(=O)Cl)c1. The molecule has 0 saturated heterocycles. The molecular formula is C11H12ClFO4S. The molecule has 0 N–H and O–H groups in total. The summed E-state index contributed by atoms with van der Waals surface area (Å²) < 4.78 is 40.5. The van der Waals surface area contributed by atoms with Crippen molar-refractivity contribution in [3.8, 4) is 0 Å². The lowest BCUT2D eigenvalue weighted by Gasteiger charge is -2.19. The average molecular weight is 295 g/mol. The summed E-state index contributed by atoms with van der Waals surface area (Å²) in [5, 5.41) is 0. The second kappa shape index (κ2) is 4.85. The second-order valence-corrected chi connectivity index (χ2v) is 7.12. The summed E-state index contributed by atoms with van der Waals surface area (Å²) in [5.74, 6) is -1.76. The summed E-state index contributed by atoms with van der Waals surface area (Å²) in [6.45, 7) is 4.98. The zero-order valence-electron chi connectivity index (χ0n) is 10.0. The summed E-state index contributed by atoms with van der Waals surface area (Å²) in [5.41, 5.74) is -0.809. The van der Waals surface area contributed by atoms with Gasteiger partial charge in [-0.25, -0.2) is 17.6 Å². The highest BCUT2D eigenvalue weighted by molar-refractivity contribution is 8.13. The van der Waals surface area contributed by atoms with Gasteiger partial charge < -0.3 is 4.74 Å². The summed E-state index contributed by atoms with van der Waals surface area (Å²) >= 11 is 0. The van der Waals surface area contributed by atoms with Gasteiger partial charge in [0.05, 0.1) is 5.56 Å². The van der Waals surface area contributed by atoms with Crippen molar-refractivity contribution in [3.63, 3.8) is 0 Å². The van der Waals surface area contributed by atoms with Gasteiger partial charge >= 0.3 is 5.97 Å². The van der Waals surface area contributed by atoms with E-state index in [1.54, 1.807) is 20.8 Å². The third kappa shape index (κ3) is 3.96. The van der Waals surface area contributed by atoms with Crippen molar-refractivity contribution in [1.29, 1.82) is 0 Å². The van der Waals surface area contributed by atoms with Crippen molar-refractivity contribution < 1.29 is 22.3 Å². The smallest absolute Gasteiger partial charge is 0.338 e. The van der Waals surface area contributed by atoms with Gasteiger partial charge in [0.1, 0.15) is 16.3 Å². The van der Waals surface area contributed by atoms with Gasteiger partial charge in [-0.3, -0.25) is 0 Å². The minimum atomic E-state index is -4.24. The van der Waals surface area contributed by atoms with Crippen LogP contribution in [0.2, 0.25) is 0 Å². The van der Waals surface area contributed by atoms with Crippen molar-refractivity contribution >= 4 is 25.7 Å². The molecule has 7 heteroatoms. The number of esters is 1. The highest BCUT2D eigenvalue weighted by Crippen LogP contribution is 2.21. The fourth-order valence-corrected chi connectivity index (χ4v) is 2.08. The minimum Gasteiger partial charge on any atom is -0.456 e. The number of carbonyl (C=O) groups is 1. The first-order valence-corrected chi connectivity index (χ1v) is 7.29. The van der Waals surface area contributed by atoms with Gasteiger partial charge in [-0.2, -0.15) is 0 Å². The summed E-state index contributed by atoms with van der Waals surface area (Å²) in [6.07, 6.45) is 0. The molecule has 0 unspecified atom stereocenters. The van der Waals surface area contributed by atoms with Crippen LogP contribution >= 0.6 is 10.7 Å². The Balaban J connectivity index is 3.18. The Morgan fingerprint density at radius 2 is 1.89 bits per heavy atom. The molecule has 18 heavy (non-hydrogen) atoms. The Hall–Kier alpha value is -1.14. The molecule has 0 radical (unpaired) electrons. The van der Waals surface area contributed by atoms with Crippen LogP contribution in [0.5, 0.6) is 0 Å². The van der Waals surface area contributed by atoms with E-state index < -0.39 is 31.3 Å². The number of rotatable bonds is 2. The van der Waals surface area contributed by atoms with Crippen LogP contribution in [0.1, 0.15) is 31.1 Å². The molecule has 4 nitrogen and oxygen atoms in total. The lowest BCUT2D eigenvalue weighted by molar-refractivity contribution is 0.00692. The Morgan fingerprint density at radius 3 is 2.33 bits per heavy atom. The highest BCUT2D eigenvalue weighted by Gasteiger charge is 2.22. The molecular weight excluding hydrogens is 283 g/mol. The van der Waals surface area contributed by atoms with Gasteiger partial charge in [0.2, 0.25) is 0 Å². The summed E-state index contributed by atoms with van der Waals surface area (Å²) in [4.78, 5) is 10.9. The fourth-order valence-electron chi connectivity index (χ4n) is 1.15. The normalized spacial score (nSPS) is 12.3. The second-order valence-electron chi connectivity index (χ2n) is 4.58. The molecule has 0 bridgehead atoms. The number of ether oxygens (including phenoxy) is 1. The fraction of sp³-hybridized carbons (Fsp3) is 0.364. The zero-order chi connectivity index (χ0) is 14.1. The van der Waals surface area contributed by atoms with Gasteiger partial charge in [-0.1, -0.05) is 0 Å². The van der Waals surface area contributed by atoms with Crippen LogP contribution in [0.15, 0.2) is 23.1 Å². The zero-order valence-corrected chi connectivity index (χ0v) is 11.6. The van der Waals surface area contributed by atoms with Gasteiger partial charge in [-0.05, 0) is 39.0 Å². The van der Waals surface area contributed by atoms with Crippen molar-refractivity contribution in [2.45, 2.75) is 31.3 Å². The van der Waals surface area contributed by atoms with E-state index in [0.29, 0.717) is 0 Å². The van der Waals surface area contributed by atoms with E-state index in [9.17, 15) is 17.6 Å². The van der Waals surface area contributed by atoms with Crippen molar-refractivity contribution in [2.75, 3.05) is 0 Å². The topological polar surface area (TPSA) is 60.4 Å². The Kier molecular flexibility index (Phi) is 4.02. The van der Waals surface area contributed by atoms with Crippen LogP contribution in [0.25, 0.3) is 0 Å². The van der Waals surface area contributed by atoms with Crippen molar-refractivity contribution in [1.82, 2.24) is 0 Å². The maximum Gasteiger partial charge on any atom is 0.338 e. The lowest BCUT2D eigenvalue weighted by atomic mass is 10.1. The van der Waals surface area contributed by atoms with Gasteiger partial charge in [0.25, 0.3) is 9.05 Å². The quantitative estimate of drug-likeness (QED) is 0.621. The Bertz CT molecular complexity index is 575. The van der Waals surface area contributed by atoms with E-state index in [-0.39, 0.29) is 5.56 Å².